The summed E-state index contributed by atoms with van der Waals surface area (Å²) in [4.78, 5) is 15.0. The van der Waals surface area contributed by atoms with Crippen molar-refractivity contribution in [2.24, 2.45) is 0 Å². The summed E-state index contributed by atoms with van der Waals surface area (Å²) in [6, 6.07) is 15.7. The summed E-state index contributed by atoms with van der Waals surface area (Å²) in [6.45, 7) is 5.90. The van der Waals surface area contributed by atoms with Crippen molar-refractivity contribution in [3.8, 4) is 0 Å². The fraction of sp³-hybridized carbons (Fsp3) is 0.348. The van der Waals surface area contributed by atoms with E-state index in [9.17, 15) is 4.79 Å². The molecule has 1 fully saturated rings. The van der Waals surface area contributed by atoms with Gasteiger partial charge in [0.1, 0.15) is 4.84 Å². The van der Waals surface area contributed by atoms with Crippen molar-refractivity contribution < 1.29 is 4.79 Å². The van der Waals surface area contributed by atoms with Gasteiger partial charge in [-0.2, -0.15) is 0 Å². The molecule has 0 saturated carbocycles. The molecule has 1 N–H and O–H groups in total. The van der Waals surface area contributed by atoms with Crippen LogP contribution < -0.4 is 10.2 Å². The summed E-state index contributed by atoms with van der Waals surface area (Å²) in [5, 5.41) is 3.47. The highest BCUT2D eigenvalue weighted by atomic mass is 35.5. The van der Waals surface area contributed by atoms with Gasteiger partial charge in [-0.3, -0.25) is 4.79 Å². The Balaban J connectivity index is 1.82. The maximum Gasteiger partial charge on any atom is 0.258 e. The molecule has 1 amide bonds. The van der Waals surface area contributed by atoms with Crippen LogP contribution in [0, 0.1) is 0 Å². The normalized spacial score (nSPS) is 20.4. The van der Waals surface area contributed by atoms with Crippen molar-refractivity contribution in [2.45, 2.75) is 35.6 Å². The van der Waals surface area contributed by atoms with Crippen LogP contribution in [0.4, 0.5) is 5.69 Å². The molecule has 28 heavy (non-hydrogen) atoms. The lowest BCUT2D eigenvalue weighted by Gasteiger charge is -2.41. The molecule has 4 rings (SSSR count). The number of amides is 1. The van der Waals surface area contributed by atoms with Crippen LogP contribution in [0.25, 0.3) is 0 Å². The lowest BCUT2D eigenvalue weighted by molar-refractivity contribution is 0.0964. The van der Waals surface area contributed by atoms with E-state index >= 15 is 0 Å². The Morgan fingerprint density at radius 1 is 1.21 bits per heavy atom. The molecule has 2 aromatic carbocycles. The molecular weight excluding hydrogens is 391 g/mol. The molecule has 2 aliphatic heterocycles. The zero-order valence-electron chi connectivity index (χ0n) is 15.7. The Kier molecular flexibility index (Phi) is 5.50. The second-order valence-electron chi connectivity index (χ2n) is 7.56. The molecule has 1 atom stereocenters. The van der Waals surface area contributed by atoms with E-state index in [1.807, 2.05) is 35.2 Å². The largest absolute Gasteiger partial charge is 0.317 e. The lowest BCUT2D eigenvalue weighted by atomic mass is 9.69. The Bertz CT molecular complexity index is 890. The summed E-state index contributed by atoms with van der Waals surface area (Å²) in [5.74, 6) is -0.00876. The Morgan fingerprint density at radius 3 is 2.68 bits per heavy atom. The van der Waals surface area contributed by atoms with Gasteiger partial charge in [0.2, 0.25) is 0 Å². The molecule has 0 unspecified atom stereocenters. The number of anilines is 1. The van der Waals surface area contributed by atoms with E-state index in [0.717, 1.165) is 43.6 Å². The van der Waals surface area contributed by atoms with E-state index < -0.39 is 4.84 Å². The summed E-state index contributed by atoms with van der Waals surface area (Å²) >= 11 is 12.1. The maximum atomic E-state index is 13.7. The molecule has 1 saturated heterocycles. The van der Waals surface area contributed by atoms with Gasteiger partial charge in [-0.1, -0.05) is 36.4 Å². The second-order valence-corrected chi connectivity index (χ2v) is 8.66. The smallest absolute Gasteiger partial charge is 0.258 e. The van der Waals surface area contributed by atoms with Crippen molar-refractivity contribution in [3.05, 3.63) is 77.9 Å². The molecule has 3 nitrogen and oxygen atoms in total. The van der Waals surface area contributed by atoms with Crippen LogP contribution in [-0.2, 0) is 5.41 Å². The Hall–Kier alpha value is -1.81. The number of hydrogen-bond acceptors (Lipinski definition) is 2. The van der Waals surface area contributed by atoms with Crippen molar-refractivity contribution in [1.29, 1.82) is 0 Å². The summed E-state index contributed by atoms with van der Waals surface area (Å²) < 4.78 is 0. The summed E-state index contributed by atoms with van der Waals surface area (Å²) in [7, 11) is 0. The van der Waals surface area contributed by atoms with Gasteiger partial charge in [0.25, 0.3) is 5.91 Å². The van der Waals surface area contributed by atoms with Gasteiger partial charge in [-0.15, -0.1) is 29.8 Å². The highest BCUT2D eigenvalue weighted by molar-refractivity contribution is 6.44. The number of benzene rings is 2. The minimum atomic E-state index is -0.654. The minimum Gasteiger partial charge on any atom is -0.317 e. The fourth-order valence-corrected chi connectivity index (χ4v) is 5.13. The highest BCUT2D eigenvalue weighted by Crippen LogP contribution is 2.51. The van der Waals surface area contributed by atoms with Gasteiger partial charge >= 0.3 is 0 Å². The molecule has 2 aromatic rings. The van der Waals surface area contributed by atoms with E-state index in [-0.39, 0.29) is 17.4 Å². The number of hydrogen-bond donors (Lipinski definition) is 1. The molecular formula is C23H24Cl2N2O. The van der Waals surface area contributed by atoms with Gasteiger partial charge < -0.3 is 10.2 Å². The molecule has 0 aliphatic carbocycles. The highest BCUT2D eigenvalue weighted by Gasteiger charge is 2.52. The molecule has 2 aliphatic rings. The topological polar surface area (TPSA) is 32.3 Å². The first-order valence-electron chi connectivity index (χ1n) is 9.71. The van der Waals surface area contributed by atoms with E-state index in [1.165, 1.54) is 5.56 Å². The summed E-state index contributed by atoms with van der Waals surface area (Å²) in [5.41, 5.74) is 3.60. The van der Waals surface area contributed by atoms with Crippen LogP contribution >= 0.6 is 23.2 Å². The van der Waals surface area contributed by atoms with Crippen LogP contribution in [0.1, 0.15) is 45.6 Å². The van der Waals surface area contributed by atoms with E-state index in [1.54, 1.807) is 6.07 Å². The third-order valence-corrected chi connectivity index (χ3v) is 6.64. The predicted molar refractivity (Wildman–Crippen MR) is 117 cm³/mol. The number of alkyl halides is 2. The molecule has 1 spiro atoms. The summed E-state index contributed by atoms with van der Waals surface area (Å²) in [6.07, 6.45) is 4.72. The van der Waals surface area contributed by atoms with Crippen LogP contribution in [-0.4, -0.2) is 25.0 Å². The van der Waals surface area contributed by atoms with Gasteiger partial charge in [0.05, 0.1) is 6.04 Å². The number of rotatable bonds is 4. The monoisotopic (exact) mass is 414 g/mol. The van der Waals surface area contributed by atoms with Crippen LogP contribution in [0.3, 0.4) is 0 Å². The Morgan fingerprint density at radius 2 is 1.96 bits per heavy atom. The number of nitrogens with one attached hydrogen (secondary N) is 1. The first-order valence-corrected chi connectivity index (χ1v) is 10.6. The van der Waals surface area contributed by atoms with Gasteiger partial charge in [0, 0.05) is 16.7 Å². The van der Waals surface area contributed by atoms with Crippen LogP contribution in [0.2, 0.25) is 0 Å². The number of fused-ring (bicyclic) bond motifs is 2. The number of para-hydroxylation sites is 1. The second kappa shape index (κ2) is 7.90. The molecule has 2 heterocycles. The quantitative estimate of drug-likeness (QED) is 0.537. The number of nitrogens with zero attached hydrogens (tertiary/aromatic N) is 1. The third kappa shape index (κ3) is 3.16. The SMILES string of the molecule is C=CC[C@H]1N(C(=O)c2cccc(C(Cl)Cl)c2)c2ccccc2C12CCNCC2. The van der Waals surface area contributed by atoms with Crippen molar-refractivity contribution in [1.82, 2.24) is 5.32 Å². The van der Waals surface area contributed by atoms with E-state index in [0.29, 0.717) is 5.56 Å². The number of carbonyl (C=O) groups excluding carboxylic acids is 1. The van der Waals surface area contributed by atoms with Gasteiger partial charge in [0.15, 0.2) is 0 Å². The first kappa shape index (κ1) is 19.5. The molecule has 0 bridgehead atoms. The number of carbonyl (C=O) groups is 1. The standard InChI is InChI=1S/C23H24Cl2N2O/c1-2-6-20-23(11-13-26-14-12-23)18-9-3-4-10-19(18)27(20)22(28)17-8-5-7-16(15-17)21(24)25/h2-5,7-10,15,20-21,26H,1,6,11-14H2/t20-/m1/s1. The third-order valence-electron chi connectivity index (χ3n) is 6.14. The fourth-order valence-electron chi connectivity index (χ4n) is 4.86. The zero-order valence-corrected chi connectivity index (χ0v) is 17.2. The zero-order chi connectivity index (χ0) is 19.7. The minimum absolute atomic E-state index is 0.00876. The van der Waals surface area contributed by atoms with Crippen molar-refractivity contribution in [3.63, 3.8) is 0 Å². The molecule has 5 heteroatoms. The van der Waals surface area contributed by atoms with Crippen molar-refractivity contribution >= 4 is 34.8 Å². The van der Waals surface area contributed by atoms with Gasteiger partial charge in [-0.05, 0) is 61.7 Å². The van der Waals surface area contributed by atoms with Gasteiger partial charge in [-0.25, -0.2) is 0 Å². The van der Waals surface area contributed by atoms with E-state index in [4.69, 9.17) is 23.2 Å². The first-order chi connectivity index (χ1) is 13.6. The average Bonchev–Trinajstić information content (AvgIpc) is 2.98. The predicted octanol–water partition coefficient (Wildman–Crippen LogP) is 5.39. The maximum absolute atomic E-state index is 13.7. The average molecular weight is 415 g/mol. The van der Waals surface area contributed by atoms with E-state index in [2.05, 4.69) is 30.1 Å². The number of halogens is 2. The molecule has 0 radical (unpaired) electrons. The van der Waals surface area contributed by atoms with Crippen LogP contribution in [0.15, 0.2) is 61.2 Å². The molecule has 0 aromatic heterocycles. The van der Waals surface area contributed by atoms with Crippen LogP contribution in [0.5, 0.6) is 0 Å². The lowest BCUT2D eigenvalue weighted by Crippen LogP contribution is -2.51. The molecule has 146 valence electrons. The number of piperidine rings is 1. The Labute approximate surface area is 176 Å². The van der Waals surface area contributed by atoms with Crippen molar-refractivity contribution in [2.75, 3.05) is 18.0 Å².